The van der Waals surface area contributed by atoms with Crippen LogP contribution in [0.25, 0.3) is 11.3 Å². The normalized spacial score (nSPS) is 10.3. The molecule has 2 amide bonds. The Morgan fingerprint density at radius 3 is 2.45 bits per heavy atom. The van der Waals surface area contributed by atoms with Crippen LogP contribution in [-0.4, -0.2) is 28.7 Å². The summed E-state index contributed by atoms with van der Waals surface area (Å²) in [6.07, 6.45) is 2.11. The van der Waals surface area contributed by atoms with E-state index in [0.29, 0.717) is 25.9 Å². The zero-order valence-electron chi connectivity index (χ0n) is 16.1. The second-order valence-electron chi connectivity index (χ2n) is 6.54. The Kier molecular flexibility index (Phi) is 7.40. The quantitative estimate of drug-likeness (QED) is 0.486. The molecule has 0 unspecified atom stereocenters. The molecule has 0 atom stereocenters. The van der Waals surface area contributed by atoms with Crippen molar-refractivity contribution < 1.29 is 14.3 Å². The molecule has 0 aliphatic rings. The van der Waals surface area contributed by atoms with Crippen LogP contribution in [0.2, 0.25) is 0 Å². The third-order valence-corrected chi connectivity index (χ3v) is 4.32. The topological polar surface area (TPSA) is 96.1 Å². The van der Waals surface area contributed by atoms with Gasteiger partial charge in [-0.3, -0.25) is 9.89 Å². The highest BCUT2D eigenvalue weighted by molar-refractivity contribution is 5.76. The number of hydrogen-bond donors (Lipinski definition) is 3. The lowest BCUT2D eigenvalue weighted by molar-refractivity contribution is -0.121. The number of H-pyrrole nitrogens is 1. The summed E-state index contributed by atoms with van der Waals surface area (Å²) in [4.78, 5) is 23.6. The van der Waals surface area contributed by atoms with Gasteiger partial charge in [0, 0.05) is 25.7 Å². The van der Waals surface area contributed by atoms with E-state index in [1.165, 1.54) is 0 Å². The second-order valence-corrected chi connectivity index (χ2v) is 6.54. The first-order chi connectivity index (χ1) is 14.2. The van der Waals surface area contributed by atoms with Gasteiger partial charge in [0.15, 0.2) is 0 Å². The lowest BCUT2D eigenvalue weighted by Crippen LogP contribution is -2.27. The smallest absolute Gasteiger partial charge is 0.407 e. The van der Waals surface area contributed by atoms with Gasteiger partial charge in [-0.1, -0.05) is 54.6 Å². The van der Waals surface area contributed by atoms with E-state index >= 15 is 0 Å². The van der Waals surface area contributed by atoms with E-state index in [2.05, 4.69) is 20.8 Å². The molecule has 7 nitrogen and oxygen atoms in total. The fourth-order valence-electron chi connectivity index (χ4n) is 2.72. The minimum atomic E-state index is -0.480. The summed E-state index contributed by atoms with van der Waals surface area (Å²) in [5, 5.41) is 12.4. The maximum Gasteiger partial charge on any atom is 0.407 e. The van der Waals surface area contributed by atoms with E-state index in [1.54, 1.807) is 6.20 Å². The summed E-state index contributed by atoms with van der Waals surface area (Å²) >= 11 is 0. The molecule has 0 spiro atoms. The molecule has 3 N–H and O–H groups in total. The number of nitrogens with zero attached hydrogens (tertiary/aromatic N) is 1. The minimum absolute atomic E-state index is 0.0536. The first-order valence-corrected chi connectivity index (χ1v) is 9.50. The highest BCUT2D eigenvalue weighted by Crippen LogP contribution is 2.16. The predicted molar refractivity (Wildman–Crippen MR) is 110 cm³/mol. The van der Waals surface area contributed by atoms with E-state index in [9.17, 15) is 9.59 Å². The highest BCUT2D eigenvalue weighted by Gasteiger charge is 2.05. The Morgan fingerprint density at radius 1 is 0.931 bits per heavy atom. The summed E-state index contributed by atoms with van der Waals surface area (Å²) in [5.41, 5.74) is 3.95. The van der Waals surface area contributed by atoms with Gasteiger partial charge in [0.1, 0.15) is 6.61 Å². The zero-order chi connectivity index (χ0) is 20.3. The number of nitrogens with one attached hydrogen (secondary N) is 3. The van der Waals surface area contributed by atoms with Crippen molar-refractivity contribution in [2.75, 3.05) is 6.54 Å². The fraction of sp³-hybridized carbons (Fsp3) is 0.227. The Hall–Kier alpha value is -3.61. The largest absolute Gasteiger partial charge is 0.445 e. The van der Waals surface area contributed by atoms with Gasteiger partial charge in [0.05, 0.1) is 5.69 Å². The molecule has 29 heavy (non-hydrogen) atoms. The van der Waals surface area contributed by atoms with Crippen molar-refractivity contribution in [1.82, 2.24) is 20.8 Å². The molecule has 1 heterocycles. The van der Waals surface area contributed by atoms with Crippen LogP contribution in [-0.2, 0) is 22.7 Å². The van der Waals surface area contributed by atoms with Crippen molar-refractivity contribution >= 4 is 12.0 Å². The monoisotopic (exact) mass is 392 g/mol. The van der Waals surface area contributed by atoms with Crippen LogP contribution in [0, 0.1) is 0 Å². The minimum Gasteiger partial charge on any atom is -0.445 e. The summed E-state index contributed by atoms with van der Waals surface area (Å²) in [7, 11) is 0. The zero-order valence-corrected chi connectivity index (χ0v) is 16.1. The summed E-state index contributed by atoms with van der Waals surface area (Å²) in [6.45, 7) is 1.08. The first kappa shape index (κ1) is 20.1. The number of amides is 2. The lowest BCUT2D eigenvalue weighted by Gasteiger charge is -2.08. The van der Waals surface area contributed by atoms with E-state index in [-0.39, 0.29) is 12.5 Å². The first-order valence-electron chi connectivity index (χ1n) is 9.50. The average Bonchev–Trinajstić information content (AvgIpc) is 3.30. The van der Waals surface area contributed by atoms with Crippen LogP contribution in [0.4, 0.5) is 4.79 Å². The molecule has 7 heteroatoms. The van der Waals surface area contributed by atoms with Crippen molar-refractivity contribution in [1.29, 1.82) is 0 Å². The maximum atomic E-state index is 12.0. The van der Waals surface area contributed by atoms with Crippen LogP contribution in [0.3, 0.4) is 0 Å². The molecular formula is C22H24N4O3. The van der Waals surface area contributed by atoms with Gasteiger partial charge >= 0.3 is 6.09 Å². The van der Waals surface area contributed by atoms with E-state index in [4.69, 9.17) is 4.74 Å². The molecule has 0 aliphatic carbocycles. The summed E-state index contributed by atoms with van der Waals surface area (Å²) in [5.74, 6) is -0.0536. The van der Waals surface area contributed by atoms with Crippen LogP contribution >= 0.6 is 0 Å². The molecule has 150 valence electrons. The van der Waals surface area contributed by atoms with Crippen molar-refractivity contribution in [2.45, 2.75) is 26.0 Å². The summed E-state index contributed by atoms with van der Waals surface area (Å²) < 4.78 is 5.12. The van der Waals surface area contributed by atoms with Crippen molar-refractivity contribution in [2.24, 2.45) is 0 Å². The Labute approximate surface area is 169 Å². The van der Waals surface area contributed by atoms with Crippen LogP contribution < -0.4 is 10.6 Å². The highest BCUT2D eigenvalue weighted by atomic mass is 16.5. The predicted octanol–water partition coefficient (Wildman–Crippen LogP) is 3.40. The number of hydrogen-bond acceptors (Lipinski definition) is 4. The standard InChI is InChI=1S/C22H24N4O3/c27-21(7-4-13-23-22(28)29-16-18-5-2-1-3-6-18)24-15-17-8-10-19(11-9-17)20-12-14-25-26-20/h1-3,5-6,8-12,14H,4,7,13,15-16H2,(H,23,28)(H,24,27)(H,25,26). The van der Waals surface area contributed by atoms with Gasteiger partial charge in [-0.25, -0.2) is 4.79 Å². The number of alkyl carbamates (subject to hydrolysis) is 1. The molecule has 0 saturated carbocycles. The maximum absolute atomic E-state index is 12.0. The number of ether oxygens (including phenoxy) is 1. The third-order valence-electron chi connectivity index (χ3n) is 4.32. The van der Waals surface area contributed by atoms with Crippen LogP contribution in [0.15, 0.2) is 66.9 Å². The molecule has 0 aliphatic heterocycles. The molecular weight excluding hydrogens is 368 g/mol. The van der Waals surface area contributed by atoms with Gasteiger partial charge in [-0.05, 0) is 29.2 Å². The third kappa shape index (κ3) is 6.80. The summed E-state index contributed by atoms with van der Waals surface area (Å²) in [6, 6.07) is 19.3. The van der Waals surface area contributed by atoms with Crippen LogP contribution in [0.5, 0.6) is 0 Å². The number of aromatic amines is 1. The SMILES string of the molecule is O=C(CCCNC(=O)OCc1ccccc1)NCc1ccc(-c2ccn[nH]2)cc1. The van der Waals surface area contributed by atoms with Gasteiger partial charge < -0.3 is 15.4 Å². The van der Waals surface area contributed by atoms with E-state index < -0.39 is 6.09 Å². The van der Waals surface area contributed by atoms with Gasteiger partial charge in [0.2, 0.25) is 5.91 Å². The number of carbonyl (C=O) groups is 2. The molecule has 0 fully saturated rings. The van der Waals surface area contributed by atoms with Gasteiger partial charge in [0.25, 0.3) is 0 Å². The van der Waals surface area contributed by atoms with Crippen molar-refractivity contribution in [3.63, 3.8) is 0 Å². The van der Waals surface area contributed by atoms with Gasteiger partial charge in [-0.15, -0.1) is 0 Å². The van der Waals surface area contributed by atoms with E-state index in [0.717, 1.165) is 22.4 Å². The fourth-order valence-corrected chi connectivity index (χ4v) is 2.72. The van der Waals surface area contributed by atoms with Crippen molar-refractivity contribution in [3.05, 3.63) is 78.0 Å². The Bertz CT molecular complexity index is 894. The molecule has 0 saturated heterocycles. The molecule has 2 aromatic carbocycles. The Morgan fingerprint density at radius 2 is 1.72 bits per heavy atom. The van der Waals surface area contributed by atoms with E-state index in [1.807, 2.05) is 60.7 Å². The number of carbonyl (C=O) groups excluding carboxylic acids is 2. The molecule has 0 bridgehead atoms. The number of rotatable bonds is 9. The lowest BCUT2D eigenvalue weighted by atomic mass is 10.1. The molecule has 0 radical (unpaired) electrons. The number of aromatic nitrogens is 2. The Balaban J connectivity index is 1.27. The van der Waals surface area contributed by atoms with Crippen molar-refractivity contribution in [3.8, 4) is 11.3 Å². The molecule has 3 aromatic rings. The average molecular weight is 392 g/mol. The number of benzene rings is 2. The van der Waals surface area contributed by atoms with Gasteiger partial charge in [-0.2, -0.15) is 5.10 Å². The van der Waals surface area contributed by atoms with Crippen LogP contribution in [0.1, 0.15) is 24.0 Å². The second kappa shape index (κ2) is 10.7. The molecule has 3 rings (SSSR count). The molecule has 1 aromatic heterocycles.